The number of benzene rings is 1. The molecule has 0 aliphatic carbocycles. The number of anilines is 2. The third-order valence-corrected chi connectivity index (χ3v) is 2.44. The molecule has 1 heterocycles. The molecule has 0 unspecified atom stereocenters. The highest BCUT2D eigenvalue weighted by molar-refractivity contribution is 6.02. The van der Waals surface area contributed by atoms with Crippen molar-refractivity contribution in [3.05, 3.63) is 48.4 Å². The number of carbonyl (C=O) groups is 1. The van der Waals surface area contributed by atoms with E-state index in [1.807, 2.05) is 24.3 Å². The van der Waals surface area contributed by atoms with Crippen molar-refractivity contribution in [2.75, 3.05) is 17.2 Å². The van der Waals surface area contributed by atoms with E-state index in [4.69, 9.17) is 4.42 Å². The number of nitrogens with one attached hydrogen (secondary N) is 2. The first-order valence-corrected chi connectivity index (χ1v) is 5.98. The summed E-state index contributed by atoms with van der Waals surface area (Å²) in [6, 6.07) is 10.9. The zero-order chi connectivity index (χ0) is 12.8. The fraction of sp³-hybridized carbons (Fsp3) is 0.214. The molecule has 1 aromatic carbocycles. The van der Waals surface area contributed by atoms with Crippen LogP contribution < -0.4 is 10.6 Å². The smallest absolute Gasteiger partial charge is 0.291 e. The van der Waals surface area contributed by atoms with E-state index in [1.54, 1.807) is 12.1 Å². The van der Waals surface area contributed by atoms with Crippen LogP contribution in [-0.2, 0) is 0 Å². The van der Waals surface area contributed by atoms with Gasteiger partial charge in [0.1, 0.15) is 0 Å². The van der Waals surface area contributed by atoms with Crippen molar-refractivity contribution in [2.45, 2.75) is 13.3 Å². The number of amides is 1. The van der Waals surface area contributed by atoms with E-state index >= 15 is 0 Å². The van der Waals surface area contributed by atoms with Gasteiger partial charge >= 0.3 is 0 Å². The summed E-state index contributed by atoms with van der Waals surface area (Å²) in [6.45, 7) is 3.02. The Morgan fingerprint density at radius 3 is 2.78 bits per heavy atom. The molecule has 0 radical (unpaired) electrons. The summed E-state index contributed by atoms with van der Waals surface area (Å²) in [4.78, 5) is 11.8. The maximum atomic E-state index is 11.8. The fourth-order valence-corrected chi connectivity index (χ4v) is 1.58. The van der Waals surface area contributed by atoms with Crippen molar-refractivity contribution in [2.24, 2.45) is 0 Å². The molecule has 0 spiro atoms. The average Bonchev–Trinajstić information content (AvgIpc) is 2.91. The standard InChI is InChI=1S/C14H16N2O2/c1-2-8-15-11-5-3-6-12(10-11)16-14(17)13-7-4-9-18-13/h3-7,9-10,15H,2,8H2,1H3,(H,16,17). The molecule has 0 atom stereocenters. The van der Waals surface area contributed by atoms with Crippen LogP contribution in [0.1, 0.15) is 23.9 Å². The van der Waals surface area contributed by atoms with Crippen LogP contribution in [0, 0.1) is 0 Å². The Bertz CT molecular complexity index is 506. The van der Waals surface area contributed by atoms with Crippen molar-refractivity contribution in [3.8, 4) is 0 Å². The maximum absolute atomic E-state index is 11.8. The number of carbonyl (C=O) groups excluding carboxylic acids is 1. The van der Waals surface area contributed by atoms with Crippen LogP contribution in [0.4, 0.5) is 11.4 Å². The van der Waals surface area contributed by atoms with Gasteiger partial charge in [0.25, 0.3) is 5.91 Å². The third kappa shape index (κ3) is 3.13. The van der Waals surface area contributed by atoms with Crippen LogP contribution in [0.25, 0.3) is 0 Å². The Hall–Kier alpha value is -2.23. The minimum Gasteiger partial charge on any atom is -0.459 e. The van der Waals surface area contributed by atoms with Crippen molar-refractivity contribution in [1.82, 2.24) is 0 Å². The lowest BCUT2D eigenvalue weighted by molar-refractivity contribution is 0.0996. The number of furan rings is 1. The summed E-state index contributed by atoms with van der Waals surface area (Å²) in [5.74, 6) is 0.0644. The van der Waals surface area contributed by atoms with Gasteiger partial charge in [0, 0.05) is 17.9 Å². The Labute approximate surface area is 106 Å². The molecule has 1 amide bonds. The van der Waals surface area contributed by atoms with Crippen LogP contribution in [0.5, 0.6) is 0 Å². The molecule has 0 aliphatic rings. The van der Waals surface area contributed by atoms with Gasteiger partial charge in [-0.2, -0.15) is 0 Å². The van der Waals surface area contributed by atoms with Crippen molar-refractivity contribution in [1.29, 1.82) is 0 Å². The molecule has 0 aliphatic heterocycles. The lowest BCUT2D eigenvalue weighted by Gasteiger charge is -2.07. The quantitative estimate of drug-likeness (QED) is 0.848. The van der Waals surface area contributed by atoms with Crippen molar-refractivity contribution in [3.63, 3.8) is 0 Å². The van der Waals surface area contributed by atoms with Gasteiger partial charge in [0.05, 0.1) is 6.26 Å². The first-order chi connectivity index (χ1) is 8.79. The molecule has 0 fully saturated rings. The summed E-state index contributed by atoms with van der Waals surface area (Å²) in [7, 11) is 0. The summed E-state index contributed by atoms with van der Waals surface area (Å²) < 4.78 is 5.03. The maximum Gasteiger partial charge on any atom is 0.291 e. The first kappa shape index (κ1) is 12.2. The fourth-order valence-electron chi connectivity index (χ4n) is 1.58. The van der Waals surface area contributed by atoms with Gasteiger partial charge in [0.15, 0.2) is 5.76 Å². The molecule has 94 valence electrons. The van der Waals surface area contributed by atoms with E-state index in [0.29, 0.717) is 5.76 Å². The lowest BCUT2D eigenvalue weighted by Crippen LogP contribution is -2.11. The Kier molecular flexibility index (Phi) is 4.02. The second-order valence-electron chi connectivity index (χ2n) is 3.94. The highest BCUT2D eigenvalue weighted by Gasteiger charge is 2.08. The number of hydrogen-bond acceptors (Lipinski definition) is 3. The molecule has 2 N–H and O–H groups in total. The largest absolute Gasteiger partial charge is 0.459 e. The Morgan fingerprint density at radius 1 is 1.22 bits per heavy atom. The molecule has 0 saturated carbocycles. The van der Waals surface area contributed by atoms with E-state index in [-0.39, 0.29) is 5.91 Å². The van der Waals surface area contributed by atoms with E-state index < -0.39 is 0 Å². The van der Waals surface area contributed by atoms with Crippen LogP contribution in [0.3, 0.4) is 0 Å². The molecule has 2 rings (SSSR count). The highest BCUT2D eigenvalue weighted by atomic mass is 16.3. The van der Waals surface area contributed by atoms with E-state index in [0.717, 1.165) is 24.3 Å². The monoisotopic (exact) mass is 244 g/mol. The molecule has 4 heteroatoms. The Balaban J connectivity index is 2.03. The van der Waals surface area contributed by atoms with Crippen molar-refractivity contribution >= 4 is 17.3 Å². The molecule has 0 saturated heterocycles. The van der Waals surface area contributed by atoms with Gasteiger partial charge < -0.3 is 15.1 Å². The van der Waals surface area contributed by atoms with Gasteiger partial charge in [-0.3, -0.25) is 4.79 Å². The van der Waals surface area contributed by atoms with E-state index in [2.05, 4.69) is 17.6 Å². The highest BCUT2D eigenvalue weighted by Crippen LogP contribution is 2.16. The normalized spacial score (nSPS) is 10.1. The summed E-state index contributed by atoms with van der Waals surface area (Å²) in [5, 5.41) is 6.06. The average molecular weight is 244 g/mol. The Morgan fingerprint density at radius 2 is 2.06 bits per heavy atom. The zero-order valence-electron chi connectivity index (χ0n) is 10.3. The van der Waals surface area contributed by atoms with Gasteiger partial charge in [-0.15, -0.1) is 0 Å². The third-order valence-electron chi connectivity index (χ3n) is 2.44. The molecular formula is C14H16N2O2. The van der Waals surface area contributed by atoms with E-state index in [9.17, 15) is 4.79 Å². The second kappa shape index (κ2) is 5.91. The topological polar surface area (TPSA) is 54.3 Å². The van der Waals surface area contributed by atoms with Crippen LogP contribution in [0.2, 0.25) is 0 Å². The predicted molar refractivity (Wildman–Crippen MR) is 71.9 cm³/mol. The predicted octanol–water partition coefficient (Wildman–Crippen LogP) is 3.35. The second-order valence-corrected chi connectivity index (χ2v) is 3.94. The van der Waals surface area contributed by atoms with Gasteiger partial charge in [0.2, 0.25) is 0 Å². The van der Waals surface area contributed by atoms with Crippen LogP contribution >= 0.6 is 0 Å². The number of rotatable bonds is 5. The number of hydrogen-bond donors (Lipinski definition) is 2. The minimum absolute atomic E-state index is 0.243. The van der Waals surface area contributed by atoms with E-state index in [1.165, 1.54) is 6.26 Å². The first-order valence-electron chi connectivity index (χ1n) is 5.98. The zero-order valence-corrected chi connectivity index (χ0v) is 10.3. The SMILES string of the molecule is CCCNc1cccc(NC(=O)c2ccco2)c1. The van der Waals surface area contributed by atoms with Crippen LogP contribution in [-0.4, -0.2) is 12.5 Å². The molecule has 18 heavy (non-hydrogen) atoms. The van der Waals surface area contributed by atoms with Gasteiger partial charge in [-0.1, -0.05) is 13.0 Å². The molecule has 2 aromatic rings. The van der Waals surface area contributed by atoms with Crippen molar-refractivity contribution < 1.29 is 9.21 Å². The molecule has 0 bridgehead atoms. The van der Waals surface area contributed by atoms with Gasteiger partial charge in [-0.05, 0) is 36.8 Å². The summed E-state index contributed by atoms with van der Waals surface area (Å²) >= 11 is 0. The summed E-state index contributed by atoms with van der Waals surface area (Å²) in [5.41, 5.74) is 1.74. The molecule has 1 aromatic heterocycles. The minimum atomic E-state index is -0.243. The van der Waals surface area contributed by atoms with Crippen LogP contribution in [0.15, 0.2) is 47.1 Å². The van der Waals surface area contributed by atoms with Gasteiger partial charge in [-0.25, -0.2) is 0 Å². The molecular weight excluding hydrogens is 228 g/mol. The lowest BCUT2D eigenvalue weighted by atomic mass is 10.2. The molecule has 4 nitrogen and oxygen atoms in total. The summed E-state index contributed by atoms with van der Waals surface area (Å²) in [6.07, 6.45) is 2.54.